The van der Waals surface area contributed by atoms with Crippen LogP contribution < -0.4 is 5.73 Å². The van der Waals surface area contributed by atoms with Gasteiger partial charge in [-0.2, -0.15) is 0 Å². The lowest BCUT2D eigenvalue weighted by Crippen LogP contribution is -2.09. The summed E-state index contributed by atoms with van der Waals surface area (Å²) in [5.41, 5.74) is 8.22. The Bertz CT molecular complexity index is 361. The zero-order valence-corrected chi connectivity index (χ0v) is 10.0. The Morgan fingerprint density at radius 1 is 1.43 bits per heavy atom. The number of hydrogen-bond acceptors (Lipinski definition) is 2. The van der Waals surface area contributed by atoms with Crippen LogP contribution in [0.5, 0.6) is 0 Å². The minimum atomic E-state index is 0.120. The Balaban J connectivity index is 3.13. The first-order valence-electron chi connectivity index (χ1n) is 4.56. The lowest BCUT2D eigenvalue weighted by atomic mass is 10.0. The number of halogens is 1. The topological polar surface area (TPSA) is 43.1 Å². The largest absolute Gasteiger partial charge is 0.330 e. The number of benzene rings is 1. The summed E-state index contributed by atoms with van der Waals surface area (Å²) in [6.07, 6.45) is 0.413. The van der Waals surface area contributed by atoms with Crippen molar-refractivity contribution in [2.75, 3.05) is 6.54 Å². The second-order valence-corrected chi connectivity index (χ2v) is 4.24. The molecule has 0 aliphatic rings. The maximum absolute atomic E-state index is 11.7. The normalized spacial score (nSPS) is 10.3. The summed E-state index contributed by atoms with van der Waals surface area (Å²) in [7, 11) is 0. The van der Waals surface area contributed by atoms with Crippen LogP contribution in [0.1, 0.15) is 27.9 Å². The minimum Gasteiger partial charge on any atom is -0.330 e. The molecular formula is C11H14BrNO. The molecular weight excluding hydrogens is 242 g/mol. The van der Waals surface area contributed by atoms with Gasteiger partial charge in [0.25, 0.3) is 0 Å². The molecule has 0 fully saturated rings. The van der Waals surface area contributed by atoms with Crippen LogP contribution in [0.3, 0.4) is 0 Å². The zero-order valence-electron chi connectivity index (χ0n) is 8.43. The van der Waals surface area contributed by atoms with E-state index in [-0.39, 0.29) is 5.78 Å². The second-order valence-electron chi connectivity index (χ2n) is 3.38. The van der Waals surface area contributed by atoms with Gasteiger partial charge in [0.05, 0.1) is 0 Å². The molecule has 0 saturated heterocycles. The van der Waals surface area contributed by atoms with Crippen LogP contribution in [0.25, 0.3) is 0 Å². The summed E-state index contributed by atoms with van der Waals surface area (Å²) in [6.45, 7) is 4.32. The fraction of sp³-hybridized carbons (Fsp3) is 0.364. The van der Waals surface area contributed by atoms with Gasteiger partial charge in [-0.25, -0.2) is 0 Å². The molecule has 0 atom stereocenters. The van der Waals surface area contributed by atoms with Crippen LogP contribution in [0.2, 0.25) is 0 Å². The molecule has 2 N–H and O–H groups in total. The molecule has 14 heavy (non-hydrogen) atoms. The van der Waals surface area contributed by atoms with Gasteiger partial charge in [-0.05, 0) is 43.7 Å². The van der Waals surface area contributed by atoms with E-state index in [4.69, 9.17) is 5.73 Å². The molecule has 0 aliphatic carbocycles. The smallest absolute Gasteiger partial charge is 0.164 e. The van der Waals surface area contributed by atoms with Crippen LogP contribution in [0.15, 0.2) is 16.6 Å². The molecule has 1 aromatic rings. The van der Waals surface area contributed by atoms with Gasteiger partial charge in [-0.1, -0.05) is 15.9 Å². The Kier molecular flexibility index (Phi) is 3.84. The van der Waals surface area contributed by atoms with Gasteiger partial charge in [0.2, 0.25) is 0 Å². The Morgan fingerprint density at radius 2 is 2.07 bits per heavy atom. The van der Waals surface area contributed by atoms with E-state index in [1.807, 2.05) is 26.0 Å². The van der Waals surface area contributed by atoms with Gasteiger partial charge >= 0.3 is 0 Å². The van der Waals surface area contributed by atoms with Crippen molar-refractivity contribution >= 4 is 21.7 Å². The molecule has 3 heteroatoms. The van der Waals surface area contributed by atoms with E-state index in [1.165, 1.54) is 0 Å². The van der Waals surface area contributed by atoms with Crippen LogP contribution in [0.4, 0.5) is 0 Å². The molecule has 2 nitrogen and oxygen atoms in total. The maximum Gasteiger partial charge on any atom is 0.164 e. The number of carbonyl (C=O) groups excluding carboxylic acids is 1. The van der Waals surface area contributed by atoms with Crippen molar-refractivity contribution in [3.63, 3.8) is 0 Å². The summed E-state index contributed by atoms with van der Waals surface area (Å²) >= 11 is 3.43. The van der Waals surface area contributed by atoms with Gasteiger partial charge in [-0.15, -0.1) is 0 Å². The Labute approximate surface area is 92.6 Å². The summed E-state index contributed by atoms with van der Waals surface area (Å²) in [5.74, 6) is 0.120. The molecule has 0 aliphatic heterocycles. The highest BCUT2D eigenvalue weighted by Gasteiger charge is 2.10. The molecule has 0 bridgehead atoms. The highest BCUT2D eigenvalue weighted by molar-refractivity contribution is 9.10. The van der Waals surface area contributed by atoms with Gasteiger partial charge in [-0.3, -0.25) is 4.79 Å². The van der Waals surface area contributed by atoms with E-state index in [1.54, 1.807) is 0 Å². The monoisotopic (exact) mass is 255 g/mol. The molecule has 0 aromatic heterocycles. The Hall–Kier alpha value is -0.670. The fourth-order valence-electron chi connectivity index (χ4n) is 1.37. The van der Waals surface area contributed by atoms with Gasteiger partial charge in [0.15, 0.2) is 5.78 Å². The van der Waals surface area contributed by atoms with Crippen molar-refractivity contribution in [1.82, 2.24) is 0 Å². The predicted molar refractivity (Wildman–Crippen MR) is 61.6 cm³/mol. The van der Waals surface area contributed by atoms with Crippen LogP contribution >= 0.6 is 15.9 Å². The summed E-state index contributed by atoms with van der Waals surface area (Å²) in [6, 6.07) is 3.92. The first kappa shape index (κ1) is 11.4. The third kappa shape index (κ3) is 2.42. The van der Waals surface area contributed by atoms with E-state index in [2.05, 4.69) is 15.9 Å². The molecule has 0 saturated carbocycles. The van der Waals surface area contributed by atoms with Crippen LogP contribution in [-0.2, 0) is 0 Å². The molecule has 0 amide bonds. The zero-order chi connectivity index (χ0) is 10.7. The SMILES string of the molecule is Cc1cc(Br)c(C)c(C(=O)CCN)c1. The minimum absolute atomic E-state index is 0.120. The van der Waals surface area contributed by atoms with E-state index in [0.29, 0.717) is 13.0 Å². The van der Waals surface area contributed by atoms with Gasteiger partial charge < -0.3 is 5.73 Å². The number of aryl methyl sites for hydroxylation is 1. The molecule has 0 unspecified atom stereocenters. The predicted octanol–water partition coefficient (Wildman–Crippen LogP) is 2.60. The standard InChI is InChI=1S/C11H14BrNO/c1-7-5-9(11(14)3-4-13)8(2)10(12)6-7/h5-6H,3-4,13H2,1-2H3. The van der Waals surface area contributed by atoms with Crippen LogP contribution in [0, 0.1) is 13.8 Å². The maximum atomic E-state index is 11.7. The second kappa shape index (κ2) is 4.71. The third-order valence-electron chi connectivity index (χ3n) is 2.16. The summed E-state index contributed by atoms with van der Waals surface area (Å²) in [4.78, 5) is 11.7. The number of rotatable bonds is 3. The highest BCUT2D eigenvalue weighted by atomic mass is 79.9. The van der Waals surface area contributed by atoms with Crippen molar-refractivity contribution < 1.29 is 4.79 Å². The average Bonchev–Trinajstić information content (AvgIpc) is 2.11. The van der Waals surface area contributed by atoms with Crippen molar-refractivity contribution in [1.29, 1.82) is 0 Å². The van der Waals surface area contributed by atoms with Crippen molar-refractivity contribution in [2.45, 2.75) is 20.3 Å². The van der Waals surface area contributed by atoms with Crippen molar-refractivity contribution in [2.24, 2.45) is 5.73 Å². The Morgan fingerprint density at radius 3 is 2.64 bits per heavy atom. The lowest BCUT2D eigenvalue weighted by molar-refractivity contribution is 0.0984. The number of hydrogen-bond donors (Lipinski definition) is 1. The molecule has 0 spiro atoms. The molecule has 0 radical (unpaired) electrons. The number of Topliss-reactive ketones (excluding diaryl/α,β-unsaturated/α-hetero) is 1. The first-order chi connectivity index (χ1) is 6.56. The molecule has 76 valence electrons. The molecule has 0 heterocycles. The average molecular weight is 256 g/mol. The van der Waals surface area contributed by atoms with Crippen molar-refractivity contribution in [3.05, 3.63) is 33.3 Å². The van der Waals surface area contributed by atoms with E-state index >= 15 is 0 Å². The van der Waals surface area contributed by atoms with Gasteiger partial charge in [0.1, 0.15) is 0 Å². The third-order valence-corrected chi connectivity index (χ3v) is 2.98. The van der Waals surface area contributed by atoms with E-state index in [9.17, 15) is 4.79 Å². The molecule has 1 rings (SSSR count). The van der Waals surface area contributed by atoms with E-state index in [0.717, 1.165) is 21.2 Å². The number of ketones is 1. The van der Waals surface area contributed by atoms with Gasteiger partial charge in [0, 0.05) is 16.5 Å². The highest BCUT2D eigenvalue weighted by Crippen LogP contribution is 2.22. The molecule has 1 aromatic carbocycles. The number of carbonyl (C=O) groups is 1. The lowest BCUT2D eigenvalue weighted by Gasteiger charge is -2.07. The number of nitrogens with two attached hydrogens (primary N) is 1. The first-order valence-corrected chi connectivity index (χ1v) is 5.35. The van der Waals surface area contributed by atoms with Crippen LogP contribution in [-0.4, -0.2) is 12.3 Å². The quantitative estimate of drug-likeness (QED) is 0.844. The van der Waals surface area contributed by atoms with E-state index < -0.39 is 0 Å². The fourth-order valence-corrected chi connectivity index (χ4v) is 1.94. The summed E-state index contributed by atoms with van der Waals surface area (Å²) < 4.78 is 0.984. The summed E-state index contributed by atoms with van der Waals surface area (Å²) in [5, 5.41) is 0. The van der Waals surface area contributed by atoms with Crippen molar-refractivity contribution in [3.8, 4) is 0 Å².